The van der Waals surface area contributed by atoms with Crippen LogP contribution in [-0.4, -0.2) is 4.57 Å². The standard InChI is InChI=1S/C48H32N2/c1-2-13-32(14-3-1)49(33-25-27-34(28-26-33)50-46-23-10-6-17-40(46)41-18-7-11-24-47(41)50)35-29-30-39-38-19-12-22-44(38)48(45(39)31-35)42-20-8-4-15-36(42)37-16-5-9-21-43(37)48/h1-21,23-31H,22H2. The van der Waals surface area contributed by atoms with E-state index in [4.69, 9.17) is 0 Å². The smallest absolute Gasteiger partial charge is 0.0692 e. The molecule has 3 aliphatic carbocycles. The monoisotopic (exact) mass is 636 g/mol. The highest BCUT2D eigenvalue weighted by atomic mass is 15.1. The van der Waals surface area contributed by atoms with E-state index >= 15 is 0 Å². The zero-order chi connectivity index (χ0) is 32.8. The van der Waals surface area contributed by atoms with Crippen molar-refractivity contribution < 1.29 is 0 Å². The molecule has 50 heavy (non-hydrogen) atoms. The van der Waals surface area contributed by atoms with Crippen LogP contribution in [0.2, 0.25) is 0 Å². The summed E-state index contributed by atoms with van der Waals surface area (Å²) in [4.78, 5) is 2.41. The van der Waals surface area contributed by atoms with Gasteiger partial charge in [-0.25, -0.2) is 0 Å². The molecule has 1 spiro atoms. The number of allylic oxidation sites excluding steroid dienone is 4. The van der Waals surface area contributed by atoms with Gasteiger partial charge in [0, 0.05) is 33.5 Å². The van der Waals surface area contributed by atoms with Gasteiger partial charge in [0.15, 0.2) is 0 Å². The minimum absolute atomic E-state index is 0.305. The average Bonchev–Trinajstić information content (AvgIpc) is 3.93. The van der Waals surface area contributed by atoms with Gasteiger partial charge in [0.1, 0.15) is 0 Å². The van der Waals surface area contributed by atoms with Gasteiger partial charge in [0.05, 0.1) is 16.4 Å². The lowest BCUT2D eigenvalue weighted by atomic mass is 9.69. The lowest BCUT2D eigenvalue weighted by Crippen LogP contribution is -2.27. The molecule has 11 rings (SSSR count). The molecule has 0 amide bonds. The second kappa shape index (κ2) is 10.3. The van der Waals surface area contributed by atoms with Crippen LogP contribution < -0.4 is 4.90 Å². The van der Waals surface area contributed by atoms with Crippen LogP contribution >= 0.6 is 0 Å². The molecule has 0 atom stereocenters. The number of benzene rings is 7. The number of anilines is 3. The molecule has 7 aromatic carbocycles. The molecular weight excluding hydrogens is 605 g/mol. The molecule has 0 saturated carbocycles. The van der Waals surface area contributed by atoms with Crippen LogP contribution in [0.3, 0.4) is 0 Å². The van der Waals surface area contributed by atoms with Gasteiger partial charge in [-0.15, -0.1) is 0 Å². The van der Waals surface area contributed by atoms with Crippen molar-refractivity contribution in [2.75, 3.05) is 4.90 Å². The third-order valence-corrected chi connectivity index (χ3v) is 11.3. The number of hydrogen-bond acceptors (Lipinski definition) is 1. The Balaban J connectivity index is 1.10. The average molecular weight is 637 g/mol. The summed E-state index contributed by atoms with van der Waals surface area (Å²) in [5, 5.41) is 2.55. The maximum Gasteiger partial charge on any atom is 0.0692 e. The summed E-state index contributed by atoms with van der Waals surface area (Å²) in [6.45, 7) is 0. The highest BCUT2D eigenvalue weighted by molar-refractivity contribution is 6.09. The number of aromatic nitrogens is 1. The summed E-state index contributed by atoms with van der Waals surface area (Å²) in [5.41, 5.74) is 17.8. The predicted octanol–water partition coefficient (Wildman–Crippen LogP) is 12.3. The van der Waals surface area contributed by atoms with Crippen molar-refractivity contribution >= 4 is 44.4 Å². The SMILES string of the molecule is C1=CC2=C(C1)C1(c3cc(N(c4ccccc4)c4ccc(-n5c6ccccc6c6ccccc65)cc4)ccc32)c2ccccc2-c2ccccc21. The number of hydrogen-bond donors (Lipinski definition) is 0. The molecule has 1 heterocycles. The molecule has 0 aliphatic heterocycles. The predicted molar refractivity (Wildman–Crippen MR) is 208 cm³/mol. The van der Waals surface area contributed by atoms with Crippen molar-refractivity contribution in [3.8, 4) is 16.8 Å². The molecule has 2 nitrogen and oxygen atoms in total. The Morgan fingerprint density at radius 1 is 0.460 bits per heavy atom. The molecule has 1 aromatic heterocycles. The first-order chi connectivity index (χ1) is 24.8. The second-order valence-electron chi connectivity index (χ2n) is 13.6. The van der Waals surface area contributed by atoms with Crippen molar-refractivity contribution in [3.05, 3.63) is 210 Å². The summed E-state index contributed by atoms with van der Waals surface area (Å²) in [5.74, 6) is 0. The molecule has 0 unspecified atom stereocenters. The molecule has 0 fully saturated rings. The minimum Gasteiger partial charge on any atom is -0.310 e. The second-order valence-corrected chi connectivity index (χ2v) is 13.6. The molecule has 0 radical (unpaired) electrons. The molecule has 0 saturated heterocycles. The van der Waals surface area contributed by atoms with Gasteiger partial charge in [0.2, 0.25) is 0 Å². The first kappa shape index (κ1) is 27.6. The van der Waals surface area contributed by atoms with Gasteiger partial charge in [0.25, 0.3) is 0 Å². The number of fused-ring (bicyclic) bond motifs is 12. The van der Waals surface area contributed by atoms with Crippen molar-refractivity contribution in [2.24, 2.45) is 0 Å². The Bertz CT molecular complexity index is 2630. The Labute approximate surface area is 291 Å². The van der Waals surface area contributed by atoms with Crippen LogP contribution in [0.1, 0.15) is 28.7 Å². The van der Waals surface area contributed by atoms with Crippen LogP contribution in [0, 0.1) is 0 Å². The van der Waals surface area contributed by atoms with Crippen molar-refractivity contribution in [2.45, 2.75) is 11.8 Å². The van der Waals surface area contributed by atoms with E-state index in [2.05, 4.69) is 191 Å². The number of nitrogens with zero attached hydrogens (tertiary/aromatic N) is 2. The Morgan fingerprint density at radius 3 is 1.70 bits per heavy atom. The van der Waals surface area contributed by atoms with E-state index in [9.17, 15) is 0 Å². The van der Waals surface area contributed by atoms with E-state index in [-0.39, 0.29) is 5.41 Å². The summed E-state index contributed by atoms with van der Waals surface area (Å²) < 4.78 is 2.39. The lowest BCUT2D eigenvalue weighted by molar-refractivity contribution is 0.749. The normalized spacial score (nSPS) is 14.7. The van der Waals surface area contributed by atoms with Crippen molar-refractivity contribution in [1.82, 2.24) is 4.57 Å². The molecule has 0 N–H and O–H groups in total. The first-order valence-electron chi connectivity index (χ1n) is 17.5. The van der Waals surface area contributed by atoms with Crippen LogP contribution in [0.5, 0.6) is 0 Å². The van der Waals surface area contributed by atoms with Crippen LogP contribution in [0.4, 0.5) is 17.1 Å². The van der Waals surface area contributed by atoms with Gasteiger partial charge < -0.3 is 9.47 Å². The fourth-order valence-electron chi connectivity index (χ4n) is 9.32. The Kier molecular flexibility index (Phi) is 5.68. The molecule has 8 aromatic rings. The third-order valence-electron chi connectivity index (χ3n) is 11.3. The lowest BCUT2D eigenvalue weighted by Gasteiger charge is -2.33. The maximum atomic E-state index is 2.48. The summed E-state index contributed by atoms with van der Waals surface area (Å²) in [6.07, 6.45) is 5.67. The summed E-state index contributed by atoms with van der Waals surface area (Å²) in [6, 6.07) is 62.6. The molecule has 2 heteroatoms. The number of rotatable bonds is 4. The van der Waals surface area contributed by atoms with Gasteiger partial charge in [-0.3, -0.25) is 0 Å². The molecular formula is C48H32N2. The van der Waals surface area contributed by atoms with Crippen molar-refractivity contribution in [3.63, 3.8) is 0 Å². The Morgan fingerprint density at radius 2 is 1.02 bits per heavy atom. The van der Waals surface area contributed by atoms with E-state index in [0.29, 0.717) is 0 Å². The van der Waals surface area contributed by atoms with E-state index in [1.807, 2.05) is 0 Å². The van der Waals surface area contributed by atoms with Gasteiger partial charge in [-0.1, -0.05) is 121 Å². The highest BCUT2D eigenvalue weighted by Gasteiger charge is 2.53. The van der Waals surface area contributed by atoms with Crippen LogP contribution in [0.15, 0.2) is 188 Å². The summed E-state index contributed by atoms with van der Waals surface area (Å²) >= 11 is 0. The zero-order valence-electron chi connectivity index (χ0n) is 27.4. The quantitative estimate of drug-likeness (QED) is 0.187. The van der Waals surface area contributed by atoms with E-state index < -0.39 is 0 Å². The van der Waals surface area contributed by atoms with Crippen LogP contribution in [-0.2, 0) is 5.41 Å². The molecule has 234 valence electrons. The third kappa shape index (κ3) is 3.57. The van der Waals surface area contributed by atoms with E-state index in [0.717, 1.165) is 29.2 Å². The van der Waals surface area contributed by atoms with Gasteiger partial charge in [-0.05, 0) is 112 Å². The van der Waals surface area contributed by atoms with Gasteiger partial charge >= 0.3 is 0 Å². The fourth-order valence-corrected chi connectivity index (χ4v) is 9.32. The first-order valence-corrected chi connectivity index (χ1v) is 17.5. The summed E-state index contributed by atoms with van der Waals surface area (Å²) in [7, 11) is 0. The number of para-hydroxylation sites is 3. The van der Waals surface area contributed by atoms with E-state index in [1.165, 1.54) is 66.3 Å². The maximum absolute atomic E-state index is 2.48. The Hall–Kier alpha value is -6.38. The molecule has 0 bridgehead atoms. The van der Waals surface area contributed by atoms with E-state index in [1.54, 1.807) is 0 Å². The fraction of sp³-hybridized carbons (Fsp3) is 0.0417. The highest BCUT2D eigenvalue weighted by Crippen LogP contribution is 2.64. The zero-order valence-corrected chi connectivity index (χ0v) is 27.4. The molecule has 3 aliphatic rings. The largest absolute Gasteiger partial charge is 0.310 e. The topological polar surface area (TPSA) is 8.17 Å². The minimum atomic E-state index is -0.305. The van der Waals surface area contributed by atoms with Crippen LogP contribution in [0.25, 0.3) is 44.2 Å². The van der Waals surface area contributed by atoms with Gasteiger partial charge in [-0.2, -0.15) is 0 Å². The van der Waals surface area contributed by atoms with Crippen molar-refractivity contribution in [1.29, 1.82) is 0 Å².